The van der Waals surface area contributed by atoms with Crippen LogP contribution in [0.1, 0.15) is 56.3 Å². The molecule has 15 heteroatoms. The van der Waals surface area contributed by atoms with E-state index in [0.29, 0.717) is 39.2 Å². The largest absolute Gasteiger partial charge is 0.523 e. The Kier molecular flexibility index (Phi) is 15.1. The number of nitrogens with one attached hydrogen (secondary N) is 1. The molecule has 1 saturated heterocycles. The van der Waals surface area contributed by atoms with Crippen molar-refractivity contribution in [3.05, 3.63) is 336 Å². The lowest BCUT2D eigenvalue weighted by Crippen LogP contribution is -2.48. The molecule has 11 nitrogen and oxygen atoms in total. The summed E-state index contributed by atoms with van der Waals surface area (Å²) in [4.78, 5) is 14.6. The van der Waals surface area contributed by atoms with Gasteiger partial charge in [0.15, 0.2) is 23.2 Å². The third-order valence-corrected chi connectivity index (χ3v) is 16.3. The van der Waals surface area contributed by atoms with E-state index >= 15 is 13.2 Å². The lowest BCUT2D eigenvalue weighted by molar-refractivity contribution is -0.122. The molecule has 0 amide bonds. The number of imidazole rings is 1. The van der Waals surface area contributed by atoms with Crippen LogP contribution in [0, 0.1) is 0 Å². The fourth-order valence-electron chi connectivity index (χ4n) is 11.5. The van der Waals surface area contributed by atoms with Gasteiger partial charge < -0.3 is 19.5 Å². The van der Waals surface area contributed by atoms with E-state index in [9.17, 15) is 8.42 Å². The maximum Gasteiger partial charge on any atom is 0.523 e. The summed E-state index contributed by atoms with van der Waals surface area (Å²) >= 11 is 0. The number of aromatic nitrogens is 4. The predicted molar refractivity (Wildman–Crippen MR) is 311 cm³/mol. The lowest BCUT2D eigenvalue weighted by Gasteiger charge is -2.40. The molecule has 1 fully saturated rings. The van der Waals surface area contributed by atoms with Crippen LogP contribution in [0.15, 0.2) is 286 Å². The molecule has 0 saturated carbocycles. The Hall–Kier alpha value is -9.09. The maximum absolute atomic E-state index is 15.2. The fraction of sp³-hybridized carbons (Fsp3) is 0.132. The second kappa shape index (κ2) is 23.0. The summed E-state index contributed by atoms with van der Waals surface area (Å²) in [7, 11) is -6.42. The molecule has 0 radical (unpaired) electrons. The summed E-state index contributed by atoms with van der Waals surface area (Å²) in [6.45, 7) is -0.551. The summed E-state index contributed by atoms with van der Waals surface area (Å²) in [5, 5.41) is 3.80. The van der Waals surface area contributed by atoms with E-state index in [0.717, 1.165) is 16.7 Å². The molecule has 11 aromatic rings. The van der Waals surface area contributed by atoms with Gasteiger partial charge in [-0.15, -0.1) is 0 Å². The molecule has 3 heterocycles. The minimum atomic E-state index is -6.42. The highest BCUT2D eigenvalue weighted by molar-refractivity contribution is 7.87. The van der Waals surface area contributed by atoms with Gasteiger partial charge >= 0.3 is 15.6 Å². The summed E-state index contributed by atoms with van der Waals surface area (Å²) < 4.78 is 103. The SMILES string of the molecule is O=S(=O)(O[C@H]1[C@@H](OC(c2ccccc2)(c2ccccc2)c2ccccc2)[C@H](n2cnc3c(NC(c4ccccc4)(c4ccccc4)c4ccccc4)ncnc32)O[C@@H]1COC(c1ccccc1)(c1ccccc1)c1ccccc1)C(F)(F)F. The molecule has 12 rings (SSSR count). The second-order valence-corrected chi connectivity index (χ2v) is 21.6. The third-order valence-electron chi connectivity index (χ3n) is 15.2. The minimum absolute atomic E-state index is 0.167. The van der Waals surface area contributed by atoms with Crippen molar-refractivity contribution in [2.24, 2.45) is 0 Å². The quantitative estimate of drug-likeness (QED) is 0.0475. The number of benzene rings is 9. The van der Waals surface area contributed by atoms with E-state index in [2.05, 4.69) is 5.32 Å². The number of halogens is 3. The standard InChI is InChI=1S/C68H54F3N5O6S/c69-68(70,71)83(77,78)82-60-58(46-79-66(52-34-16-4-17-35-52,53-36-18-5-19-37-53)54-38-20-6-21-39-54)80-64(61(60)81-67(55-40-22-7-23-41-55,56-42-24-8-25-43-56)57-44-26-9-27-45-57)76-48-74-59-62(72-47-73-63(59)76)75-65(49-28-10-1-11-29-49,50-30-12-2-13-31-50)51-32-14-3-15-33-51/h1-45,47-48,58,60-61,64H,46H2,(H,72,73,75)/t58-,60-,61-,64-/m1/s1. The van der Waals surface area contributed by atoms with Gasteiger partial charge in [-0.1, -0.05) is 273 Å². The van der Waals surface area contributed by atoms with Gasteiger partial charge in [-0.25, -0.2) is 15.0 Å². The zero-order chi connectivity index (χ0) is 56.9. The lowest BCUT2D eigenvalue weighted by atomic mass is 9.77. The van der Waals surface area contributed by atoms with Gasteiger partial charge in [-0.2, -0.15) is 21.6 Å². The van der Waals surface area contributed by atoms with E-state index in [1.54, 1.807) is 0 Å². The molecule has 1 aliphatic rings. The van der Waals surface area contributed by atoms with Gasteiger partial charge in [-0.3, -0.25) is 8.75 Å². The zero-order valence-corrected chi connectivity index (χ0v) is 45.2. The topological polar surface area (TPSA) is 127 Å². The molecular formula is C68H54F3N5O6S. The summed E-state index contributed by atoms with van der Waals surface area (Å²) in [5.41, 5.74) is -3.34. The van der Waals surface area contributed by atoms with Crippen LogP contribution >= 0.6 is 0 Å². The molecule has 2 aromatic heterocycles. The zero-order valence-electron chi connectivity index (χ0n) is 44.4. The summed E-state index contributed by atoms with van der Waals surface area (Å²) in [6, 6.07) is 85.4. The number of alkyl halides is 3. The number of rotatable bonds is 19. The van der Waals surface area contributed by atoms with Crippen molar-refractivity contribution in [1.82, 2.24) is 19.5 Å². The van der Waals surface area contributed by atoms with E-state index in [1.807, 2.05) is 273 Å². The maximum atomic E-state index is 15.2. The van der Waals surface area contributed by atoms with E-state index in [1.165, 1.54) is 17.2 Å². The highest BCUT2D eigenvalue weighted by Crippen LogP contribution is 2.50. The number of ether oxygens (including phenoxy) is 3. The van der Waals surface area contributed by atoms with Crippen LogP contribution in [-0.2, 0) is 45.3 Å². The monoisotopic (exact) mass is 1130 g/mol. The van der Waals surface area contributed by atoms with Gasteiger partial charge in [0.05, 0.1) is 12.9 Å². The third kappa shape index (κ3) is 10.2. The van der Waals surface area contributed by atoms with Crippen molar-refractivity contribution in [1.29, 1.82) is 0 Å². The second-order valence-electron chi connectivity index (χ2n) is 20.0. The van der Waals surface area contributed by atoms with Crippen LogP contribution in [0.3, 0.4) is 0 Å². The fourth-order valence-corrected chi connectivity index (χ4v) is 12.1. The molecule has 9 aromatic carbocycles. The first-order valence-electron chi connectivity index (χ1n) is 27.0. The van der Waals surface area contributed by atoms with E-state index in [4.69, 9.17) is 33.3 Å². The molecule has 0 bridgehead atoms. The number of hydrogen-bond acceptors (Lipinski definition) is 10. The van der Waals surface area contributed by atoms with Crippen LogP contribution < -0.4 is 5.32 Å². The first kappa shape index (κ1) is 54.5. The number of fused-ring (bicyclic) bond motifs is 1. The van der Waals surface area contributed by atoms with Crippen molar-refractivity contribution in [2.75, 3.05) is 11.9 Å². The van der Waals surface area contributed by atoms with Gasteiger partial charge in [0.2, 0.25) is 0 Å². The first-order chi connectivity index (χ1) is 40.5. The molecule has 1 N–H and O–H groups in total. The van der Waals surface area contributed by atoms with Gasteiger partial charge in [-0.05, 0) is 50.1 Å². The Morgan fingerprint density at radius 3 is 1.17 bits per heavy atom. The number of anilines is 1. The van der Waals surface area contributed by atoms with Gasteiger partial charge in [0.25, 0.3) is 0 Å². The molecule has 0 aliphatic carbocycles. The van der Waals surface area contributed by atoms with Crippen molar-refractivity contribution in [3.8, 4) is 0 Å². The first-order valence-corrected chi connectivity index (χ1v) is 28.4. The Morgan fingerprint density at radius 1 is 0.458 bits per heavy atom. The average molecular weight is 1130 g/mol. The van der Waals surface area contributed by atoms with Crippen molar-refractivity contribution >= 4 is 27.1 Å². The van der Waals surface area contributed by atoms with Gasteiger partial charge in [0, 0.05) is 0 Å². The molecule has 1 aliphatic heterocycles. The molecule has 414 valence electrons. The Labute approximate surface area is 478 Å². The normalized spacial score (nSPS) is 16.9. The van der Waals surface area contributed by atoms with Crippen molar-refractivity contribution in [3.63, 3.8) is 0 Å². The van der Waals surface area contributed by atoms with Crippen LogP contribution in [0.25, 0.3) is 11.2 Å². The number of nitrogens with zero attached hydrogens (tertiary/aromatic N) is 4. The molecule has 83 heavy (non-hydrogen) atoms. The van der Waals surface area contributed by atoms with Crippen LogP contribution in [0.4, 0.5) is 19.0 Å². The summed E-state index contributed by atoms with van der Waals surface area (Å²) in [5.74, 6) is 0.290. The molecule has 4 atom stereocenters. The highest BCUT2D eigenvalue weighted by atomic mass is 32.2. The number of hydrogen-bond donors (Lipinski definition) is 1. The molecular weight excluding hydrogens is 1070 g/mol. The average Bonchev–Trinajstić information content (AvgIpc) is 3.82. The van der Waals surface area contributed by atoms with E-state index < -0.39 is 63.5 Å². The molecule has 0 spiro atoms. The van der Waals surface area contributed by atoms with Crippen LogP contribution in [0.2, 0.25) is 0 Å². The molecule has 0 unspecified atom stereocenters. The summed E-state index contributed by atoms with van der Waals surface area (Å²) in [6.07, 6.45) is -4.20. The van der Waals surface area contributed by atoms with Crippen LogP contribution in [0.5, 0.6) is 0 Å². The van der Waals surface area contributed by atoms with Gasteiger partial charge in [0.1, 0.15) is 41.4 Å². The van der Waals surface area contributed by atoms with E-state index in [-0.39, 0.29) is 11.2 Å². The smallest absolute Gasteiger partial charge is 0.358 e. The predicted octanol–water partition coefficient (Wildman–Crippen LogP) is 13.7. The van der Waals surface area contributed by atoms with Crippen molar-refractivity contribution in [2.45, 2.75) is 46.8 Å². The van der Waals surface area contributed by atoms with Crippen LogP contribution in [-0.4, -0.2) is 58.4 Å². The minimum Gasteiger partial charge on any atom is -0.358 e. The Balaban J connectivity index is 1.08. The Bertz CT molecular complexity index is 3720. The highest BCUT2D eigenvalue weighted by Gasteiger charge is 2.59. The van der Waals surface area contributed by atoms with Crippen molar-refractivity contribution < 1.29 is 40.0 Å². The Morgan fingerprint density at radius 2 is 0.807 bits per heavy atom.